The average molecular weight is 373 g/mol. The summed E-state index contributed by atoms with van der Waals surface area (Å²) in [7, 11) is 0. The maximum Gasteiger partial charge on any atom is 0.223 e. The van der Waals surface area contributed by atoms with Crippen LogP contribution in [-0.4, -0.2) is 10.9 Å². The number of carbonyl (C=O) groups excluding carboxylic acids is 1. The van der Waals surface area contributed by atoms with Crippen molar-refractivity contribution in [2.75, 3.05) is 0 Å². The van der Waals surface area contributed by atoms with Gasteiger partial charge in [0.15, 0.2) is 0 Å². The number of carbonyl (C=O) groups is 1. The largest absolute Gasteiger partial charge is 0.351 e. The van der Waals surface area contributed by atoms with Gasteiger partial charge in [0.05, 0.1) is 22.1 Å². The molecule has 5 heteroatoms. The molecule has 4 aliphatic carbocycles. The standard InChI is InChI=1S/C20H24N2OS2/c1-11-22-17(10-24-11)18-3-2-16(25-18)9-21-20(23)19-14-5-12-4-13(7-14)8-15(19)6-12/h2-3,10,12-15,19H,4-9H2,1H3,(H,21,23). The minimum absolute atomic E-state index is 0.286. The number of hydrogen-bond donors (Lipinski definition) is 1. The van der Waals surface area contributed by atoms with E-state index in [-0.39, 0.29) is 5.92 Å². The smallest absolute Gasteiger partial charge is 0.223 e. The Balaban J connectivity index is 1.23. The number of thiophene rings is 1. The Morgan fingerprint density at radius 1 is 1.16 bits per heavy atom. The topological polar surface area (TPSA) is 42.0 Å². The molecule has 2 aromatic heterocycles. The number of amides is 1. The van der Waals surface area contributed by atoms with Crippen molar-refractivity contribution in [2.45, 2.75) is 45.6 Å². The fraction of sp³-hybridized carbons (Fsp3) is 0.600. The monoisotopic (exact) mass is 372 g/mol. The lowest BCUT2D eigenvalue weighted by Gasteiger charge is -2.53. The number of aryl methyl sites for hydroxylation is 1. The van der Waals surface area contributed by atoms with E-state index in [1.165, 1.54) is 41.9 Å². The van der Waals surface area contributed by atoms with Crippen LogP contribution in [0.4, 0.5) is 0 Å². The first-order chi connectivity index (χ1) is 12.2. The van der Waals surface area contributed by atoms with E-state index in [1.807, 2.05) is 6.92 Å². The molecule has 4 fully saturated rings. The highest BCUT2D eigenvalue weighted by Gasteiger charge is 2.50. The zero-order chi connectivity index (χ0) is 17.0. The maximum absolute atomic E-state index is 12.9. The first-order valence-electron chi connectivity index (χ1n) is 9.44. The molecular weight excluding hydrogens is 348 g/mol. The van der Waals surface area contributed by atoms with Crippen LogP contribution in [0.25, 0.3) is 10.6 Å². The van der Waals surface area contributed by atoms with Gasteiger partial charge in [-0.2, -0.15) is 0 Å². The molecule has 1 N–H and O–H groups in total. The van der Waals surface area contributed by atoms with Crippen LogP contribution in [-0.2, 0) is 11.3 Å². The van der Waals surface area contributed by atoms with E-state index in [4.69, 9.17) is 0 Å². The van der Waals surface area contributed by atoms with Gasteiger partial charge in [-0.3, -0.25) is 4.79 Å². The number of rotatable bonds is 4. The summed E-state index contributed by atoms with van der Waals surface area (Å²) >= 11 is 3.43. The molecule has 4 bridgehead atoms. The van der Waals surface area contributed by atoms with E-state index in [9.17, 15) is 4.79 Å². The van der Waals surface area contributed by atoms with Gasteiger partial charge < -0.3 is 5.32 Å². The minimum Gasteiger partial charge on any atom is -0.351 e. The van der Waals surface area contributed by atoms with Crippen LogP contribution in [0.5, 0.6) is 0 Å². The van der Waals surface area contributed by atoms with Crippen molar-refractivity contribution >= 4 is 28.6 Å². The molecular formula is C20H24N2OS2. The summed E-state index contributed by atoms with van der Waals surface area (Å²) in [5.74, 6) is 3.77. The second kappa shape index (κ2) is 6.20. The summed E-state index contributed by atoms with van der Waals surface area (Å²) in [6.45, 7) is 2.70. The molecule has 2 heterocycles. The molecule has 4 aliphatic rings. The summed E-state index contributed by atoms with van der Waals surface area (Å²) in [5.41, 5.74) is 1.06. The highest BCUT2D eigenvalue weighted by molar-refractivity contribution is 7.16. The molecule has 4 saturated carbocycles. The van der Waals surface area contributed by atoms with Crippen LogP contribution in [0.15, 0.2) is 17.5 Å². The molecule has 3 nitrogen and oxygen atoms in total. The van der Waals surface area contributed by atoms with Gasteiger partial charge in [-0.05, 0) is 74.8 Å². The van der Waals surface area contributed by atoms with E-state index in [0.717, 1.165) is 22.5 Å². The van der Waals surface area contributed by atoms with E-state index >= 15 is 0 Å². The van der Waals surface area contributed by atoms with Crippen LogP contribution in [0.2, 0.25) is 0 Å². The average Bonchev–Trinajstić information content (AvgIpc) is 3.20. The van der Waals surface area contributed by atoms with Crippen molar-refractivity contribution in [3.8, 4) is 10.6 Å². The lowest BCUT2D eigenvalue weighted by Crippen LogP contribution is -2.50. The fourth-order valence-corrected chi connectivity index (χ4v) is 7.33. The molecule has 6 rings (SSSR count). The molecule has 0 atom stereocenters. The van der Waals surface area contributed by atoms with Crippen LogP contribution in [0, 0.1) is 36.5 Å². The SMILES string of the molecule is Cc1nc(-c2ccc(CNC(=O)C3C4CC5CC(C4)CC3C5)s2)cs1. The third kappa shape index (κ3) is 2.95. The molecule has 0 aliphatic heterocycles. The van der Waals surface area contributed by atoms with Gasteiger partial charge in [-0.25, -0.2) is 4.98 Å². The van der Waals surface area contributed by atoms with E-state index in [0.29, 0.717) is 24.3 Å². The Bertz CT molecular complexity index is 765. The highest BCUT2D eigenvalue weighted by atomic mass is 32.1. The first kappa shape index (κ1) is 16.0. The van der Waals surface area contributed by atoms with Gasteiger partial charge in [-0.15, -0.1) is 22.7 Å². The Morgan fingerprint density at radius 3 is 2.52 bits per heavy atom. The third-order valence-electron chi connectivity index (χ3n) is 6.50. The molecule has 0 aromatic carbocycles. The number of hydrogen-bond acceptors (Lipinski definition) is 4. The lowest BCUT2D eigenvalue weighted by molar-refractivity contribution is -0.138. The van der Waals surface area contributed by atoms with Gasteiger partial charge in [0.2, 0.25) is 5.91 Å². The first-order valence-corrected chi connectivity index (χ1v) is 11.1. The third-order valence-corrected chi connectivity index (χ3v) is 8.38. The van der Waals surface area contributed by atoms with Gasteiger partial charge in [0.25, 0.3) is 0 Å². The summed E-state index contributed by atoms with van der Waals surface area (Å²) in [6.07, 6.45) is 6.65. The van der Waals surface area contributed by atoms with Crippen molar-refractivity contribution in [1.82, 2.24) is 10.3 Å². The second-order valence-corrected chi connectivity index (χ2v) is 10.4. The van der Waals surface area contributed by atoms with E-state index < -0.39 is 0 Å². The van der Waals surface area contributed by atoms with Crippen LogP contribution >= 0.6 is 22.7 Å². The number of nitrogens with one attached hydrogen (secondary N) is 1. The molecule has 0 unspecified atom stereocenters. The van der Waals surface area contributed by atoms with Crippen molar-refractivity contribution in [1.29, 1.82) is 0 Å². The number of thiazole rings is 1. The highest BCUT2D eigenvalue weighted by Crippen LogP contribution is 2.56. The zero-order valence-corrected chi connectivity index (χ0v) is 16.2. The van der Waals surface area contributed by atoms with Crippen molar-refractivity contribution in [3.05, 3.63) is 27.4 Å². The summed E-state index contributed by atoms with van der Waals surface area (Å²) in [5, 5.41) is 6.46. The molecule has 0 saturated heterocycles. The second-order valence-electron chi connectivity index (χ2n) is 8.19. The summed E-state index contributed by atoms with van der Waals surface area (Å²) < 4.78 is 0. The predicted molar refractivity (Wildman–Crippen MR) is 103 cm³/mol. The molecule has 25 heavy (non-hydrogen) atoms. The Kier molecular flexibility index (Phi) is 3.97. The van der Waals surface area contributed by atoms with Gasteiger partial charge in [0.1, 0.15) is 0 Å². The van der Waals surface area contributed by atoms with E-state index in [1.54, 1.807) is 22.7 Å². The molecule has 0 spiro atoms. The number of nitrogens with zero attached hydrogens (tertiary/aromatic N) is 1. The number of aromatic nitrogens is 1. The molecule has 2 aromatic rings. The zero-order valence-electron chi connectivity index (χ0n) is 14.5. The Hall–Kier alpha value is -1.20. The maximum atomic E-state index is 12.9. The molecule has 132 valence electrons. The normalized spacial score (nSPS) is 32.9. The van der Waals surface area contributed by atoms with Crippen molar-refractivity contribution < 1.29 is 4.79 Å². The minimum atomic E-state index is 0.286. The summed E-state index contributed by atoms with van der Waals surface area (Å²) in [4.78, 5) is 19.8. The fourth-order valence-electron chi connectivity index (χ4n) is 5.73. The molecule has 1 amide bonds. The van der Waals surface area contributed by atoms with Gasteiger partial charge in [-0.1, -0.05) is 0 Å². The Morgan fingerprint density at radius 2 is 1.88 bits per heavy atom. The van der Waals surface area contributed by atoms with Crippen molar-refractivity contribution in [2.24, 2.45) is 29.6 Å². The van der Waals surface area contributed by atoms with Crippen LogP contribution in [0.1, 0.15) is 42.0 Å². The van der Waals surface area contributed by atoms with Gasteiger partial charge in [0, 0.05) is 16.2 Å². The predicted octanol–water partition coefficient (Wildman–Crippen LogP) is 4.87. The summed E-state index contributed by atoms with van der Waals surface area (Å²) in [6, 6.07) is 4.26. The van der Waals surface area contributed by atoms with Crippen LogP contribution in [0.3, 0.4) is 0 Å². The van der Waals surface area contributed by atoms with Crippen LogP contribution < -0.4 is 5.32 Å². The Labute approximate surface area is 156 Å². The quantitative estimate of drug-likeness (QED) is 0.832. The van der Waals surface area contributed by atoms with Gasteiger partial charge >= 0.3 is 0 Å². The van der Waals surface area contributed by atoms with E-state index in [2.05, 4.69) is 27.8 Å². The molecule has 0 radical (unpaired) electrons. The lowest BCUT2D eigenvalue weighted by atomic mass is 9.51. The van der Waals surface area contributed by atoms with Crippen molar-refractivity contribution in [3.63, 3.8) is 0 Å².